The van der Waals surface area contributed by atoms with E-state index in [1.165, 1.54) is 17.7 Å². The Labute approximate surface area is 142 Å². The molecule has 24 heavy (non-hydrogen) atoms. The second-order valence-corrected chi connectivity index (χ2v) is 6.08. The monoisotopic (exact) mass is 323 g/mol. The molecular formula is C21H22FNO. The molecule has 0 bridgehead atoms. The van der Waals surface area contributed by atoms with Gasteiger partial charge in [-0.05, 0) is 61.7 Å². The van der Waals surface area contributed by atoms with Gasteiger partial charge in [0.1, 0.15) is 17.3 Å². The van der Waals surface area contributed by atoms with Gasteiger partial charge in [0, 0.05) is 11.6 Å². The molecule has 0 amide bonds. The number of halogens is 1. The molecule has 1 atom stereocenters. The average molecular weight is 323 g/mol. The Kier molecular flexibility index (Phi) is 5.44. The second kappa shape index (κ2) is 7.93. The van der Waals surface area contributed by atoms with Gasteiger partial charge in [-0.15, -0.1) is 0 Å². The first-order valence-electron chi connectivity index (χ1n) is 8.32. The van der Waals surface area contributed by atoms with Gasteiger partial charge in [-0.25, -0.2) is 4.39 Å². The number of hydrogen-bond acceptors (Lipinski definition) is 2. The Hall–Kier alpha value is -2.39. The Bertz CT molecular complexity index is 749. The van der Waals surface area contributed by atoms with Gasteiger partial charge in [-0.1, -0.05) is 30.3 Å². The number of nitrogens with one attached hydrogen (secondary N) is 1. The molecule has 1 N–H and O–H groups in total. The van der Waals surface area contributed by atoms with E-state index in [9.17, 15) is 4.39 Å². The van der Waals surface area contributed by atoms with Crippen molar-refractivity contribution in [3.8, 4) is 11.3 Å². The van der Waals surface area contributed by atoms with Crippen molar-refractivity contribution >= 4 is 0 Å². The zero-order valence-electron chi connectivity index (χ0n) is 13.8. The SMILES string of the molecule is CC(CCc1ccccc1)NCc1ccc(-c2ccc(F)cc2)o1. The highest BCUT2D eigenvalue weighted by Crippen LogP contribution is 2.22. The summed E-state index contributed by atoms with van der Waals surface area (Å²) in [4.78, 5) is 0. The summed E-state index contributed by atoms with van der Waals surface area (Å²) in [6.45, 7) is 2.88. The zero-order chi connectivity index (χ0) is 16.8. The number of hydrogen-bond donors (Lipinski definition) is 1. The molecule has 2 nitrogen and oxygen atoms in total. The van der Waals surface area contributed by atoms with Crippen LogP contribution in [0.2, 0.25) is 0 Å². The van der Waals surface area contributed by atoms with E-state index in [-0.39, 0.29) is 5.82 Å². The lowest BCUT2D eigenvalue weighted by Gasteiger charge is -2.12. The minimum atomic E-state index is -0.237. The van der Waals surface area contributed by atoms with Gasteiger partial charge in [0.2, 0.25) is 0 Å². The van der Waals surface area contributed by atoms with Crippen LogP contribution in [0.4, 0.5) is 4.39 Å². The van der Waals surface area contributed by atoms with Crippen LogP contribution < -0.4 is 5.32 Å². The van der Waals surface area contributed by atoms with Crippen molar-refractivity contribution in [2.24, 2.45) is 0 Å². The van der Waals surface area contributed by atoms with E-state index in [1.807, 2.05) is 18.2 Å². The predicted molar refractivity (Wildman–Crippen MR) is 95.2 cm³/mol. The minimum absolute atomic E-state index is 0.237. The van der Waals surface area contributed by atoms with Crippen LogP contribution in [0.25, 0.3) is 11.3 Å². The van der Waals surface area contributed by atoms with Gasteiger partial charge >= 0.3 is 0 Å². The summed E-state index contributed by atoms with van der Waals surface area (Å²) < 4.78 is 18.8. The van der Waals surface area contributed by atoms with Crippen molar-refractivity contribution in [3.05, 3.63) is 83.9 Å². The largest absolute Gasteiger partial charge is 0.460 e. The fraction of sp³-hybridized carbons (Fsp3) is 0.238. The summed E-state index contributed by atoms with van der Waals surface area (Å²) in [5, 5.41) is 3.49. The van der Waals surface area contributed by atoms with Crippen molar-refractivity contribution in [2.45, 2.75) is 32.4 Å². The maximum Gasteiger partial charge on any atom is 0.134 e. The molecule has 2 aromatic carbocycles. The lowest BCUT2D eigenvalue weighted by Crippen LogP contribution is -2.25. The van der Waals surface area contributed by atoms with Crippen molar-refractivity contribution in [2.75, 3.05) is 0 Å². The van der Waals surface area contributed by atoms with Crippen LogP contribution in [0.5, 0.6) is 0 Å². The molecule has 0 aliphatic rings. The summed E-state index contributed by atoms with van der Waals surface area (Å²) >= 11 is 0. The molecule has 1 unspecified atom stereocenters. The van der Waals surface area contributed by atoms with E-state index in [1.54, 1.807) is 12.1 Å². The Balaban J connectivity index is 1.49. The highest BCUT2D eigenvalue weighted by molar-refractivity contribution is 5.57. The standard InChI is InChI=1S/C21H22FNO/c1-16(7-8-17-5-3-2-4-6-17)23-15-20-13-14-21(24-20)18-9-11-19(22)12-10-18/h2-6,9-14,16,23H,7-8,15H2,1H3. The average Bonchev–Trinajstić information content (AvgIpc) is 3.09. The minimum Gasteiger partial charge on any atom is -0.460 e. The lowest BCUT2D eigenvalue weighted by atomic mass is 10.1. The van der Waals surface area contributed by atoms with E-state index in [0.29, 0.717) is 12.6 Å². The van der Waals surface area contributed by atoms with Gasteiger partial charge in [-0.3, -0.25) is 0 Å². The van der Waals surface area contributed by atoms with Crippen molar-refractivity contribution in [1.82, 2.24) is 5.32 Å². The molecule has 1 heterocycles. The van der Waals surface area contributed by atoms with Crippen LogP contribution in [0, 0.1) is 5.82 Å². The molecule has 0 aliphatic carbocycles. The first kappa shape index (κ1) is 16.5. The third-order valence-electron chi connectivity index (χ3n) is 4.12. The molecule has 3 aromatic rings. The number of furan rings is 1. The molecule has 0 saturated heterocycles. The third kappa shape index (κ3) is 4.56. The van der Waals surface area contributed by atoms with E-state index in [2.05, 4.69) is 36.5 Å². The Morgan fingerprint density at radius 2 is 1.71 bits per heavy atom. The Morgan fingerprint density at radius 3 is 2.46 bits per heavy atom. The van der Waals surface area contributed by atoms with E-state index >= 15 is 0 Å². The second-order valence-electron chi connectivity index (χ2n) is 6.08. The summed E-state index contributed by atoms with van der Waals surface area (Å²) in [7, 11) is 0. The topological polar surface area (TPSA) is 25.2 Å². The molecule has 124 valence electrons. The van der Waals surface area contributed by atoms with Gasteiger partial charge in [-0.2, -0.15) is 0 Å². The number of benzene rings is 2. The first-order valence-corrected chi connectivity index (χ1v) is 8.32. The fourth-order valence-electron chi connectivity index (χ4n) is 2.65. The highest BCUT2D eigenvalue weighted by atomic mass is 19.1. The van der Waals surface area contributed by atoms with Crippen molar-refractivity contribution in [1.29, 1.82) is 0 Å². The molecule has 3 heteroatoms. The van der Waals surface area contributed by atoms with Gasteiger partial charge in [0.05, 0.1) is 6.54 Å². The van der Waals surface area contributed by atoms with Gasteiger partial charge < -0.3 is 9.73 Å². The first-order chi connectivity index (χ1) is 11.7. The van der Waals surface area contributed by atoms with Gasteiger partial charge in [0.25, 0.3) is 0 Å². The normalized spacial score (nSPS) is 12.2. The summed E-state index contributed by atoms with van der Waals surface area (Å²) in [5.74, 6) is 1.42. The van der Waals surface area contributed by atoms with Crippen LogP contribution in [0.1, 0.15) is 24.7 Å². The molecular weight excluding hydrogens is 301 g/mol. The highest BCUT2D eigenvalue weighted by Gasteiger charge is 2.07. The fourth-order valence-corrected chi connectivity index (χ4v) is 2.65. The van der Waals surface area contributed by atoms with E-state index in [0.717, 1.165) is 29.9 Å². The molecule has 0 spiro atoms. The molecule has 0 saturated carbocycles. The van der Waals surface area contributed by atoms with Crippen LogP contribution >= 0.6 is 0 Å². The van der Waals surface area contributed by atoms with Crippen molar-refractivity contribution in [3.63, 3.8) is 0 Å². The maximum absolute atomic E-state index is 13.0. The smallest absolute Gasteiger partial charge is 0.134 e. The molecule has 3 rings (SSSR count). The molecule has 0 fully saturated rings. The maximum atomic E-state index is 13.0. The van der Waals surface area contributed by atoms with E-state index in [4.69, 9.17) is 4.42 Å². The van der Waals surface area contributed by atoms with Crippen LogP contribution in [0.15, 0.2) is 71.1 Å². The van der Waals surface area contributed by atoms with Gasteiger partial charge in [0.15, 0.2) is 0 Å². The summed E-state index contributed by atoms with van der Waals surface area (Å²) in [6.07, 6.45) is 2.14. The number of aryl methyl sites for hydroxylation is 1. The van der Waals surface area contributed by atoms with Crippen LogP contribution in [-0.2, 0) is 13.0 Å². The van der Waals surface area contributed by atoms with Crippen molar-refractivity contribution < 1.29 is 8.81 Å². The summed E-state index contributed by atoms with van der Waals surface area (Å²) in [5.41, 5.74) is 2.25. The third-order valence-corrected chi connectivity index (χ3v) is 4.12. The molecule has 0 radical (unpaired) electrons. The van der Waals surface area contributed by atoms with E-state index < -0.39 is 0 Å². The summed E-state index contributed by atoms with van der Waals surface area (Å²) in [6, 6.07) is 21.2. The molecule has 0 aliphatic heterocycles. The molecule has 1 aromatic heterocycles. The number of rotatable bonds is 7. The van der Waals surface area contributed by atoms with Crippen LogP contribution in [0.3, 0.4) is 0 Å². The Morgan fingerprint density at radius 1 is 0.958 bits per heavy atom. The lowest BCUT2D eigenvalue weighted by molar-refractivity contribution is 0.449. The van der Waals surface area contributed by atoms with Crippen LogP contribution in [-0.4, -0.2) is 6.04 Å². The predicted octanol–water partition coefficient (Wildman–Crippen LogP) is 5.20. The quantitative estimate of drug-likeness (QED) is 0.647. The zero-order valence-corrected chi connectivity index (χ0v) is 13.8.